The Bertz CT molecular complexity index is 757. The quantitative estimate of drug-likeness (QED) is 0.830. The van der Waals surface area contributed by atoms with Gasteiger partial charge in [0, 0.05) is 30.4 Å². The van der Waals surface area contributed by atoms with Crippen molar-refractivity contribution in [3.05, 3.63) is 46.2 Å². The molecule has 2 aromatic rings. The maximum Gasteiger partial charge on any atom is 0.278 e. The molecule has 6 nitrogen and oxygen atoms in total. The Balaban J connectivity index is 1.69. The molecule has 1 aromatic heterocycles. The van der Waals surface area contributed by atoms with Crippen LogP contribution in [0.3, 0.4) is 0 Å². The number of ether oxygens (including phenoxy) is 2. The van der Waals surface area contributed by atoms with Crippen LogP contribution in [0.1, 0.15) is 16.8 Å². The fourth-order valence-electron chi connectivity index (χ4n) is 2.53. The number of hydrogen-bond donors (Lipinski definition) is 0. The van der Waals surface area contributed by atoms with Gasteiger partial charge in [-0.15, -0.1) is 0 Å². The number of carbonyl (C=O) groups excluding carboxylic acids is 1. The van der Waals surface area contributed by atoms with Crippen LogP contribution in [0.15, 0.2) is 30.6 Å². The molecule has 1 saturated heterocycles. The Hall–Kier alpha value is -2.05. The smallest absolute Gasteiger partial charge is 0.278 e. The molecule has 1 aliphatic rings. The minimum atomic E-state index is -0.183. The Morgan fingerprint density at radius 2 is 2.00 bits per heavy atom. The predicted molar refractivity (Wildman–Crippen MR) is 90.0 cm³/mol. The number of carbonyl (C=O) groups is 1. The number of halogens is 2. The van der Waals surface area contributed by atoms with E-state index in [1.165, 1.54) is 19.5 Å². The van der Waals surface area contributed by atoms with E-state index in [9.17, 15) is 4.79 Å². The molecule has 2 heterocycles. The minimum Gasteiger partial charge on any atom is -0.477 e. The van der Waals surface area contributed by atoms with Gasteiger partial charge in [0.05, 0.1) is 24.2 Å². The summed E-state index contributed by atoms with van der Waals surface area (Å²) in [4.78, 5) is 22.5. The fourth-order valence-corrected chi connectivity index (χ4v) is 2.90. The standard InChI is InChI=1S/C16H15Cl2N3O3/c1-23-14-15(20-6-5-19-14)24-11-4-7-21(9-11)16(22)12-8-10(17)2-3-13(12)18/h2-3,5-6,8,11H,4,7,9H2,1H3. The Kier molecular flexibility index (Phi) is 5.06. The van der Waals surface area contributed by atoms with E-state index in [1.54, 1.807) is 23.1 Å². The summed E-state index contributed by atoms with van der Waals surface area (Å²) in [5, 5.41) is 0.850. The molecule has 1 aromatic carbocycles. The number of likely N-dealkylation sites (tertiary alicyclic amines) is 1. The van der Waals surface area contributed by atoms with Gasteiger partial charge in [0.1, 0.15) is 6.10 Å². The molecule has 0 saturated carbocycles. The topological polar surface area (TPSA) is 64.6 Å². The third kappa shape index (κ3) is 3.55. The molecule has 0 spiro atoms. The molecule has 3 rings (SSSR count). The van der Waals surface area contributed by atoms with Crippen molar-refractivity contribution in [3.63, 3.8) is 0 Å². The Morgan fingerprint density at radius 1 is 1.25 bits per heavy atom. The van der Waals surface area contributed by atoms with Gasteiger partial charge in [-0.3, -0.25) is 4.79 Å². The van der Waals surface area contributed by atoms with Crippen molar-refractivity contribution in [2.75, 3.05) is 20.2 Å². The first-order chi connectivity index (χ1) is 11.6. The van der Waals surface area contributed by atoms with Crippen LogP contribution in [0, 0.1) is 0 Å². The van der Waals surface area contributed by atoms with Crippen LogP contribution in [0.25, 0.3) is 0 Å². The lowest BCUT2D eigenvalue weighted by atomic mass is 10.2. The van der Waals surface area contributed by atoms with E-state index >= 15 is 0 Å². The van der Waals surface area contributed by atoms with Crippen LogP contribution in [-0.4, -0.2) is 47.1 Å². The highest BCUT2D eigenvalue weighted by Gasteiger charge is 2.30. The van der Waals surface area contributed by atoms with Crippen LogP contribution in [0.5, 0.6) is 11.8 Å². The van der Waals surface area contributed by atoms with Crippen LogP contribution in [-0.2, 0) is 0 Å². The van der Waals surface area contributed by atoms with Crippen LogP contribution < -0.4 is 9.47 Å². The van der Waals surface area contributed by atoms with Crippen molar-refractivity contribution in [3.8, 4) is 11.8 Å². The monoisotopic (exact) mass is 367 g/mol. The molecule has 1 atom stereocenters. The van der Waals surface area contributed by atoms with Gasteiger partial charge in [0.2, 0.25) is 0 Å². The number of hydrogen-bond acceptors (Lipinski definition) is 5. The predicted octanol–water partition coefficient (Wildman–Crippen LogP) is 3.09. The SMILES string of the molecule is COc1nccnc1OC1CCN(C(=O)c2cc(Cl)ccc2Cl)C1. The lowest BCUT2D eigenvalue weighted by molar-refractivity contribution is 0.0770. The molecule has 1 aliphatic heterocycles. The molecule has 0 radical (unpaired) electrons. The van der Waals surface area contributed by atoms with E-state index < -0.39 is 0 Å². The van der Waals surface area contributed by atoms with Crippen molar-refractivity contribution < 1.29 is 14.3 Å². The number of rotatable bonds is 4. The van der Waals surface area contributed by atoms with E-state index in [0.29, 0.717) is 46.9 Å². The van der Waals surface area contributed by atoms with Crippen LogP contribution >= 0.6 is 23.2 Å². The Labute approximate surface area is 149 Å². The number of aromatic nitrogens is 2. The molecule has 126 valence electrons. The number of amides is 1. The van der Waals surface area contributed by atoms with Crippen LogP contribution in [0.2, 0.25) is 10.0 Å². The zero-order valence-corrected chi connectivity index (χ0v) is 14.4. The second kappa shape index (κ2) is 7.23. The highest BCUT2D eigenvalue weighted by molar-refractivity contribution is 6.35. The van der Waals surface area contributed by atoms with Crippen molar-refractivity contribution in [1.29, 1.82) is 0 Å². The Morgan fingerprint density at radius 3 is 2.75 bits per heavy atom. The summed E-state index contributed by atoms with van der Waals surface area (Å²) in [7, 11) is 1.50. The van der Waals surface area contributed by atoms with Gasteiger partial charge in [-0.25, -0.2) is 9.97 Å². The molecule has 0 aliphatic carbocycles. The van der Waals surface area contributed by atoms with Crippen molar-refractivity contribution in [2.24, 2.45) is 0 Å². The summed E-state index contributed by atoms with van der Waals surface area (Å²) in [5.41, 5.74) is 0.391. The van der Waals surface area contributed by atoms with Gasteiger partial charge in [0.15, 0.2) is 0 Å². The van der Waals surface area contributed by atoms with E-state index in [2.05, 4.69) is 9.97 Å². The maximum absolute atomic E-state index is 12.6. The van der Waals surface area contributed by atoms with E-state index in [-0.39, 0.29) is 12.0 Å². The maximum atomic E-state index is 12.6. The molecule has 24 heavy (non-hydrogen) atoms. The highest BCUT2D eigenvalue weighted by Crippen LogP contribution is 2.26. The fraction of sp³-hybridized carbons (Fsp3) is 0.312. The van der Waals surface area contributed by atoms with E-state index in [4.69, 9.17) is 32.7 Å². The summed E-state index contributed by atoms with van der Waals surface area (Å²) in [6, 6.07) is 4.84. The van der Waals surface area contributed by atoms with Gasteiger partial charge >= 0.3 is 0 Å². The molecule has 1 unspecified atom stereocenters. The first-order valence-electron chi connectivity index (χ1n) is 7.34. The molecular weight excluding hydrogens is 353 g/mol. The lowest BCUT2D eigenvalue weighted by Gasteiger charge is -2.18. The normalized spacial score (nSPS) is 17.0. The molecule has 1 fully saturated rings. The van der Waals surface area contributed by atoms with Gasteiger partial charge in [-0.05, 0) is 18.2 Å². The van der Waals surface area contributed by atoms with E-state index in [0.717, 1.165) is 0 Å². The molecule has 0 bridgehead atoms. The molecule has 8 heteroatoms. The summed E-state index contributed by atoms with van der Waals surface area (Å²) in [6.45, 7) is 0.996. The van der Waals surface area contributed by atoms with Gasteiger partial charge in [-0.1, -0.05) is 23.2 Å². The highest BCUT2D eigenvalue weighted by atomic mass is 35.5. The summed E-state index contributed by atoms with van der Waals surface area (Å²) in [5.74, 6) is 0.472. The van der Waals surface area contributed by atoms with Crippen LogP contribution in [0.4, 0.5) is 0 Å². The van der Waals surface area contributed by atoms with E-state index in [1.807, 2.05) is 0 Å². The third-order valence-electron chi connectivity index (χ3n) is 3.70. The minimum absolute atomic E-state index is 0.167. The second-order valence-corrected chi connectivity index (χ2v) is 6.12. The zero-order valence-electron chi connectivity index (χ0n) is 12.9. The van der Waals surface area contributed by atoms with Gasteiger partial charge < -0.3 is 14.4 Å². The number of methoxy groups -OCH3 is 1. The summed E-state index contributed by atoms with van der Waals surface area (Å²) >= 11 is 12.1. The summed E-state index contributed by atoms with van der Waals surface area (Å²) < 4.78 is 10.9. The molecule has 1 amide bonds. The molecule has 0 N–H and O–H groups in total. The van der Waals surface area contributed by atoms with Crippen molar-refractivity contribution in [2.45, 2.75) is 12.5 Å². The van der Waals surface area contributed by atoms with Crippen molar-refractivity contribution in [1.82, 2.24) is 14.9 Å². The van der Waals surface area contributed by atoms with Crippen molar-refractivity contribution >= 4 is 29.1 Å². The largest absolute Gasteiger partial charge is 0.477 e. The first kappa shape index (κ1) is 16.8. The average Bonchev–Trinajstić information content (AvgIpc) is 3.05. The molecular formula is C16H15Cl2N3O3. The third-order valence-corrected chi connectivity index (χ3v) is 4.26. The zero-order chi connectivity index (χ0) is 17.1. The lowest BCUT2D eigenvalue weighted by Crippen LogP contribution is -2.31. The van der Waals surface area contributed by atoms with Gasteiger partial charge in [0.25, 0.3) is 17.7 Å². The van der Waals surface area contributed by atoms with Gasteiger partial charge in [-0.2, -0.15) is 0 Å². The first-order valence-corrected chi connectivity index (χ1v) is 8.10. The second-order valence-electron chi connectivity index (χ2n) is 5.27. The average molecular weight is 368 g/mol. The summed E-state index contributed by atoms with van der Waals surface area (Å²) in [6.07, 6.45) is 3.56. The number of benzene rings is 1. The number of nitrogens with zero attached hydrogens (tertiary/aromatic N) is 3.